The van der Waals surface area contributed by atoms with E-state index in [1.807, 2.05) is 19.4 Å². The molecule has 0 atom stereocenters. The second-order valence-electron chi connectivity index (χ2n) is 5.88. The minimum absolute atomic E-state index is 0. The molecule has 0 aliphatic carbocycles. The summed E-state index contributed by atoms with van der Waals surface area (Å²) in [6.45, 7) is 11.6. The van der Waals surface area contributed by atoms with Crippen LogP contribution < -0.4 is 10.6 Å². The van der Waals surface area contributed by atoms with Crippen molar-refractivity contribution in [2.45, 2.75) is 53.6 Å². The molecule has 2 N–H and O–H groups in total. The monoisotopic (exact) mass is 421 g/mol. The lowest BCUT2D eigenvalue weighted by atomic mass is 10.0. The van der Waals surface area contributed by atoms with Gasteiger partial charge >= 0.3 is 0 Å². The van der Waals surface area contributed by atoms with E-state index in [-0.39, 0.29) is 24.0 Å². The molecule has 1 aromatic heterocycles. The SMILES string of the molecule is CCC(CC)CNC(=NC)NCc1nccn1CC(C)C.I. The fourth-order valence-corrected chi connectivity index (χ4v) is 2.27. The lowest BCUT2D eigenvalue weighted by Crippen LogP contribution is -2.39. The number of hydrogen-bond acceptors (Lipinski definition) is 2. The van der Waals surface area contributed by atoms with Crippen LogP contribution in [0.3, 0.4) is 0 Å². The van der Waals surface area contributed by atoms with E-state index in [2.05, 4.69) is 52.9 Å². The highest BCUT2D eigenvalue weighted by Crippen LogP contribution is 2.05. The first kappa shape index (κ1) is 21.2. The van der Waals surface area contributed by atoms with Gasteiger partial charge in [0.2, 0.25) is 0 Å². The minimum Gasteiger partial charge on any atom is -0.356 e. The van der Waals surface area contributed by atoms with Gasteiger partial charge in [-0.25, -0.2) is 4.98 Å². The van der Waals surface area contributed by atoms with E-state index in [0.29, 0.717) is 18.4 Å². The summed E-state index contributed by atoms with van der Waals surface area (Å²) in [5, 5.41) is 6.74. The van der Waals surface area contributed by atoms with Crippen molar-refractivity contribution in [2.24, 2.45) is 16.8 Å². The molecule has 0 aliphatic rings. The summed E-state index contributed by atoms with van der Waals surface area (Å²) in [5.74, 6) is 3.21. The predicted molar refractivity (Wildman–Crippen MR) is 105 cm³/mol. The Balaban J connectivity index is 0.00000441. The van der Waals surface area contributed by atoms with Crippen LogP contribution in [0, 0.1) is 11.8 Å². The van der Waals surface area contributed by atoms with Crippen LogP contribution in [0.25, 0.3) is 0 Å². The van der Waals surface area contributed by atoms with Crippen molar-refractivity contribution in [1.29, 1.82) is 0 Å². The molecule has 0 aromatic carbocycles. The van der Waals surface area contributed by atoms with Gasteiger partial charge < -0.3 is 15.2 Å². The Morgan fingerprint density at radius 2 is 1.95 bits per heavy atom. The van der Waals surface area contributed by atoms with Crippen molar-refractivity contribution < 1.29 is 0 Å². The van der Waals surface area contributed by atoms with Gasteiger partial charge in [-0.15, -0.1) is 24.0 Å². The maximum absolute atomic E-state index is 4.42. The zero-order valence-electron chi connectivity index (χ0n) is 14.6. The molecule has 0 amide bonds. The molecule has 1 rings (SSSR count). The topological polar surface area (TPSA) is 54.2 Å². The van der Waals surface area contributed by atoms with Crippen LogP contribution in [0.4, 0.5) is 0 Å². The van der Waals surface area contributed by atoms with E-state index in [1.54, 1.807) is 0 Å². The highest BCUT2D eigenvalue weighted by Gasteiger charge is 2.07. The fourth-order valence-electron chi connectivity index (χ4n) is 2.27. The highest BCUT2D eigenvalue weighted by atomic mass is 127. The fraction of sp³-hybridized carbons (Fsp3) is 0.750. The van der Waals surface area contributed by atoms with Crippen LogP contribution in [0.1, 0.15) is 46.4 Å². The van der Waals surface area contributed by atoms with Crippen LogP contribution in [-0.2, 0) is 13.1 Å². The third-order valence-electron chi connectivity index (χ3n) is 3.71. The zero-order chi connectivity index (χ0) is 15.7. The summed E-state index contributed by atoms with van der Waals surface area (Å²) in [6.07, 6.45) is 6.29. The van der Waals surface area contributed by atoms with Gasteiger partial charge in [0, 0.05) is 32.5 Å². The van der Waals surface area contributed by atoms with Crippen molar-refractivity contribution in [1.82, 2.24) is 20.2 Å². The molecule has 128 valence electrons. The molecule has 0 aliphatic heterocycles. The average molecular weight is 421 g/mol. The van der Waals surface area contributed by atoms with Gasteiger partial charge in [0.05, 0.1) is 6.54 Å². The standard InChI is InChI=1S/C16H31N5.HI/c1-6-14(7-2)10-19-16(17-5)20-11-15-18-8-9-21(15)12-13(3)4;/h8-9,13-14H,6-7,10-12H2,1-5H3,(H2,17,19,20);1H. The quantitative estimate of drug-likeness (QED) is 0.385. The maximum Gasteiger partial charge on any atom is 0.191 e. The summed E-state index contributed by atoms with van der Waals surface area (Å²) >= 11 is 0. The summed E-state index contributed by atoms with van der Waals surface area (Å²) in [6, 6.07) is 0. The van der Waals surface area contributed by atoms with E-state index < -0.39 is 0 Å². The van der Waals surface area contributed by atoms with Crippen LogP contribution in [0.15, 0.2) is 17.4 Å². The van der Waals surface area contributed by atoms with Crippen molar-refractivity contribution in [3.8, 4) is 0 Å². The van der Waals surface area contributed by atoms with E-state index >= 15 is 0 Å². The molecule has 1 heterocycles. The molecule has 1 aromatic rings. The first-order valence-corrected chi connectivity index (χ1v) is 8.05. The largest absolute Gasteiger partial charge is 0.356 e. The van der Waals surface area contributed by atoms with E-state index in [4.69, 9.17) is 0 Å². The Hall–Kier alpha value is -0.790. The Morgan fingerprint density at radius 1 is 1.27 bits per heavy atom. The zero-order valence-corrected chi connectivity index (χ0v) is 16.9. The van der Waals surface area contributed by atoms with Gasteiger partial charge in [-0.2, -0.15) is 0 Å². The normalized spacial score (nSPS) is 11.7. The molecule has 0 fully saturated rings. The molecule has 0 unspecified atom stereocenters. The minimum atomic E-state index is 0. The number of halogens is 1. The van der Waals surface area contributed by atoms with Gasteiger partial charge in [-0.1, -0.05) is 40.5 Å². The highest BCUT2D eigenvalue weighted by molar-refractivity contribution is 14.0. The smallest absolute Gasteiger partial charge is 0.191 e. The second-order valence-corrected chi connectivity index (χ2v) is 5.88. The van der Waals surface area contributed by atoms with E-state index in [0.717, 1.165) is 24.9 Å². The Morgan fingerprint density at radius 3 is 2.50 bits per heavy atom. The Bertz CT molecular complexity index is 424. The molecule has 22 heavy (non-hydrogen) atoms. The number of aliphatic imine (C=N–C) groups is 1. The number of guanidine groups is 1. The Labute approximate surface area is 152 Å². The number of imidazole rings is 1. The predicted octanol–water partition coefficient (Wildman–Crippen LogP) is 3.26. The lowest BCUT2D eigenvalue weighted by Gasteiger charge is -2.17. The van der Waals surface area contributed by atoms with Crippen LogP contribution in [-0.4, -0.2) is 29.1 Å². The van der Waals surface area contributed by atoms with Gasteiger partial charge in [-0.05, 0) is 11.8 Å². The van der Waals surface area contributed by atoms with Crippen molar-refractivity contribution in [2.75, 3.05) is 13.6 Å². The van der Waals surface area contributed by atoms with Gasteiger partial charge in [0.25, 0.3) is 0 Å². The first-order valence-electron chi connectivity index (χ1n) is 8.05. The van der Waals surface area contributed by atoms with Crippen LogP contribution >= 0.6 is 24.0 Å². The first-order chi connectivity index (χ1) is 10.1. The number of nitrogens with one attached hydrogen (secondary N) is 2. The molecule has 6 heteroatoms. The molecule has 0 saturated carbocycles. The number of hydrogen-bond donors (Lipinski definition) is 2. The summed E-state index contributed by atoms with van der Waals surface area (Å²) in [7, 11) is 1.81. The van der Waals surface area contributed by atoms with Crippen LogP contribution in [0.2, 0.25) is 0 Å². The maximum atomic E-state index is 4.42. The molecular weight excluding hydrogens is 389 g/mol. The lowest BCUT2D eigenvalue weighted by molar-refractivity contribution is 0.479. The second kappa shape index (κ2) is 11.7. The van der Waals surface area contributed by atoms with Gasteiger partial charge in [0.15, 0.2) is 5.96 Å². The summed E-state index contributed by atoms with van der Waals surface area (Å²) < 4.78 is 2.20. The molecule has 0 bridgehead atoms. The van der Waals surface area contributed by atoms with Crippen molar-refractivity contribution in [3.63, 3.8) is 0 Å². The summed E-state index contributed by atoms with van der Waals surface area (Å²) in [4.78, 5) is 8.70. The molecule has 0 radical (unpaired) electrons. The third-order valence-corrected chi connectivity index (χ3v) is 3.71. The van der Waals surface area contributed by atoms with Crippen molar-refractivity contribution >= 4 is 29.9 Å². The van der Waals surface area contributed by atoms with E-state index in [1.165, 1.54) is 12.8 Å². The Kier molecular flexibility index (Phi) is 11.3. The van der Waals surface area contributed by atoms with Gasteiger partial charge in [-0.3, -0.25) is 4.99 Å². The summed E-state index contributed by atoms with van der Waals surface area (Å²) in [5.41, 5.74) is 0. The van der Waals surface area contributed by atoms with Crippen LogP contribution in [0.5, 0.6) is 0 Å². The number of nitrogens with zero attached hydrogens (tertiary/aromatic N) is 3. The molecule has 5 nitrogen and oxygen atoms in total. The van der Waals surface area contributed by atoms with Crippen molar-refractivity contribution in [3.05, 3.63) is 18.2 Å². The number of rotatable bonds is 8. The molecule has 0 saturated heterocycles. The van der Waals surface area contributed by atoms with Gasteiger partial charge in [0.1, 0.15) is 5.82 Å². The molecule has 0 spiro atoms. The van der Waals surface area contributed by atoms with E-state index in [9.17, 15) is 0 Å². The average Bonchev–Trinajstić information content (AvgIpc) is 2.89. The molecular formula is C16H32IN5. The number of aromatic nitrogens is 2. The third kappa shape index (κ3) is 7.47.